The largest absolute Gasteiger partial charge is 0.0587 e. The minimum atomic E-state index is 0.593. The molecule has 0 saturated carbocycles. The van der Waals surface area contributed by atoms with Gasteiger partial charge in [-0.3, -0.25) is 0 Å². The molecule has 0 heteroatoms. The lowest BCUT2D eigenvalue weighted by molar-refractivity contribution is 0.866. The van der Waals surface area contributed by atoms with Crippen LogP contribution in [0.3, 0.4) is 0 Å². The average Bonchev–Trinajstić information content (AvgIpc) is 2.16. The van der Waals surface area contributed by atoms with Crippen molar-refractivity contribution in [1.82, 2.24) is 0 Å². The summed E-state index contributed by atoms with van der Waals surface area (Å²) in [5.41, 5.74) is 4.24. The summed E-state index contributed by atoms with van der Waals surface area (Å²) in [6.45, 7) is 8.90. The topological polar surface area (TPSA) is 0 Å². The predicted molar refractivity (Wildman–Crippen MR) is 67.5 cm³/mol. The van der Waals surface area contributed by atoms with Gasteiger partial charge in [0.25, 0.3) is 0 Å². The molecule has 0 nitrogen and oxygen atoms in total. The van der Waals surface area contributed by atoms with Crippen LogP contribution in [0.15, 0.2) is 30.3 Å². The Kier molecular flexibility index (Phi) is 2.52. The predicted octanol–water partition coefficient (Wildman–Crippen LogP) is 4.58. The van der Waals surface area contributed by atoms with Gasteiger partial charge in [-0.05, 0) is 41.7 Å². The first-order chi connectivity index (χ1) is 7.09. The second-order valence-corrected chi connectivity index (χ2v) is 4.68. The molecule has 2 aromatic carbocycles. The van der Waals surface area contributed by atoms with Gasteiger partial charge in [0.2, 0.25) is 0 Å². The summed E-state index contributed by atoms with van der Waals surface area (Å²) < 4.78 is 0. The Labute approximate surface area is 91.9 Å². The van der Waals surface area contributed by atoms with Gasteiger partial charge in [-0.1, -0.05) is 49.7 Å². The Hall–Kier alpha value is -1.30. The summed E-state index contributed by atoms with van der Waals surface area (Å²) in [7, 11) is 0. The van der Waals surface area contributed by atoms with Crippen LogP contribution in [0, 0.1) is 13.8 Å². The van der Waals surface area contributed by atoms with Crippen LogP contribution in [-0.2, 0) is 0 Å². The summed E-state index contributed by atoms with van der Waals surface area (Å²) in [6, 6.07) is 11.2. The highest BCUT2D eigenvalue weighted by Crippen LogP contribution is 2.29. The fourth-order valence-electron chi connectivity index (χ4n) is 2.33. The molecule has 0 aliphatic heterocycles. The van der Waals surface area contributed by atoms with E-state index in [1.54, 1.807) is 0 Å². The lowest BCUT2D eigenvalue weighted by Crippen LogP contribution is -1.94. The van der Waals surface area contributed by atoms with Crippen molar-refractivity contribution < 1.29 is 0 Å². The van der Waals surface area contributed by atoms with E-state index < -0.39 is 0 Å². The standard InChI is InChI=1S/C15H18/c1-10(2)15-12(4)6-8-13-7-5-11(3)9-14(13)15/h5-10H,1-4H3. The average molecular weight is 198 g/mol. The van der Waals surface area contributed by atoms with Gasteiger partial charge in [0.1, 0.15) is 0 Å². The maximum Gasteiger partial charge on any atom is -0.0144 e. The third kappa shape index (κ3) is 1.77. The fourth-order valence-corrected chi connectivity index (χ4v) is 2.33. The van der Waals surface area contributed by atoms with E-state index in [9.17, 15) is 0 Å². The van der Waals surface area contributed by atoms with Crippen molar-refractivity contribution in [2.24, 2.45) is 0 Å². The number of rotatable bonds is 1. The van der Waals surface area contributed by atoms with E-state index in [0.29, 0.717) is 5.92 Å². The third-order valence-corrected chi connectivity index (χ3v) is 3.01. The van der Waals surface area contributed by atoms with Gasteiger partial charge in [-0.15, -0.1) is 0 Å². The molecule has 0 radical (unpaired) electrons. The van der Waals surface area contributed by atoms with Crippen molar-refractivity contribution in [3.05, 3.63) is 47.0 Å². The Bertz CT molecular complexity index is 487. The molecule has 15 heavy (non-hydrogen) atoms. The molecule has 0 spiro atoms. The molecule has 0 bridgehead atoms. The van der Waals surface area contributed by atoms with E-state index in [-0.39, 0.29) is 0 Å². The minimum Gasteiger partial charge on any atom is -0.0587 e. The van der Waals surface area contributed by atoms with Crippen LogP contribution >= 0.6 is 0 Å². The number of hydrogen-bond donors (Lipinski definition) is 0. The smallest absolute Gasteiger partial charge is 0.0144 e. The Balaban J connectivity index is 2.84. The van der Waals surface area contributed by atoms with Gasteiger partial charge in [0.15, 0.2) is 0 Å². The zero-order valence-corrected chi connectivity index (χ0v) is 9.96. The summed E-state index contributed by atoms with van der Waals surface area (Å²) in [4.78, 5) is 0. The van der Waals surface area contributed by atoms with Crippen LogP contribution in [0.5, 0.6) is 0 Å². The molecule has 0 amide bonds. The highest BCUT2D eigenvalue weighted by atomic mass is 14.1. The van der Waals surface area contributed by atoms with E-state index in [0.717, 1.165) is 0 Å². The van der Waals surface area contributed by atoms with Gasteiger partial charge in [-0.25, -0.2) is 0 Å². The molecule has 0 fully saturated rings. The van der Waals surface area contributed by atoms with Gasteiger partial charge >= 0.3 is 0 Å². The Morgan fingerprint density at radius 1 is 0.933 bits per heavy atom. The van der Waals surface area contributed by atoms with Gasteiger partial charge in [-0.2, -0.15) is 0 Å². The number of benzene rings is 2. The molecule has 0 heterocycles. The monoisotopic (exact) mass is 198 g/mol. The summed E-state index contributed by atoms with van der Waals surface area (Å²) >= 11 is 0. The highest BCUT2D eigenvalue weighted by Gasteiger charge is 2.08. The molecule has 2 rings (SSSR count). The van der Waals surface area contributed by atoms with E-state index in [1.165, 1.54) is 27.5 Å². The molecule has 0 unspecified atom stereocenters. The molecule has 2 aromatic rings. The van der Waals surface area contributed by atoms with E-state index in [4.69, 9.17) is 0 Å². The van der Waals surface area contributed by atoms with Crippen LogP contribution in [0.25, 0.3) is 10.8 Å². The summed E-state index contributed by atoms with van der Waals surface area (Å²) in [5.74, 6) is 0.593. The van der Waals surface area contributed by atoms with Crippen molar-refractivity contribution in [1.29, 1.82) is 0 Å². The van der Waals surface area contributed by atoms with Crippen LogP contribution in [-0.4, -0.2) is 0 Å². The van der Waals surface area contributed by atoms with Crippen LogP contribution in [0.1, 0.15) is 36.5 Å². The van der Waals surface area contributed by atoms with Crippen LogP contribution in [0.2, 0.25) is 0 Å². The second kappa shape index (κ2) is 3.69. The maximum absolute atomic E-state index is 2.30. The first-order valence-corrected chi connectivity index (χ1v) is 5.59. The number of fused-ring (bicyclic) bond motifs is 1. The summed E-state index contributed by atoms with van der Waals surface area (Å²) in [5, 5.41) is 2.78. The van der Waals surface area contributed by atoms with Crippen LogP contribution < -0.4 is 0 Å². The molecule has 0 aromatic heterocycles. The molecule has 0 N–H and O–H groups in total. The fraction of sp³-hybridized carbons (Fsp3) is 0.333. The van der Waals surface area contributed by atoms with Crippen LogP contribution in [0.4, 0.5) is 0 Å². The quantitative estimate of drug-likeness (QED) is 0.629. The van der Waals surface area contributed by atoms with E-state index in [2.05, 4.69) is 58.0 Å². The van der Waals surface area contributed by atoms with E-state index >= 15 is 0 Å². The number of hydrogen-bond acceptors (Lipinski definition) is 0. The van der Waals surface area contributed by atoms with E-state index in [1.807, 2.05) is 0 Å². The molecule has 78 valence electrons. The zero-order valence-electron chi connectivity index (χ0n) is 9.96. The minimum absolute atomic E-state index is 0.593. The SMILES string of the molecule is Cc1ccc2ccc(C)c(C(C)C)c2c1. The lowest BCUT2D eigenvalue weighted by Gasteiger charge is -2.14. The maximum atomic E-state index is 2.30. The van der Waals surface area contributed by atoms with Crippen molar-refractivity contribution in [3.8, 4) is 0 Å². The van der Waals surface area contributed by atoms with Gasteiger partial charge in [0.05, 0.1) is 0 Å². The van der Waals surface area contributed by atoms with Crippen molar-refractivity contribution >= 4 is 10.8 Å². The molecule has 0 saturated heterocycles. The second-order valence-electron chi connectivity index (χ2n) is 4.68. The Morgan fingerprint density at radius 3 is 2.27 bits per heavy atom. The first-order valence-electron chi connectivity index (χ1n) is 5.59. The number of aryl methyl sites for hydroxylation is 2. The molecule has 0 aliphatic carbocycles. The van der Waals surface area contributed by atoms with Gasteiger partial charge in [0, 0.05) is 0 Å². The Morgan fingerprint density at radius 2 is 1.60 bits per heavy atom. The normalized spacial score (nSPS) is 11.3. The molecule has 0 aliphatic rings. The lowest BCUT2D eigenvalue weighted by atomic mass is 9.91. The van der Waals surface area contributed by atoms with Gasteiger partial charge < -0.3 is 0 Å². The van der Waals surface area contributed by atoms with Crippen molar-refractivity contribution in [3.63, 3.8) is 0 Å². The van der Waals surface area contributed by atoms with Crippen molar-refractivity contribution in [2.45, 2.75) is 33.6 Å². The molecular weight excluding hydrogens is 180 g/mol. The zero-order chi connectivity index (χ0) is 11.0. The molecular formula is C15H18. The first kappa shape index (κ1) is 10.2. The summed E-state index contributed by atoms with van der Waals surface area (Å²) in [6.07, 6.45) is 0. The molecule has 0 atom stereocenters. The highest BCUT2D eigenvalue weighted by molar-refractivity contribution is 5.87. The third-order valence-electron chi connectivity index (χ3n) is 3.01. The van der Waals surface area contributed by atoms with Crippen molar-refractivity contribution in [2.75, 3.05) is 0 Å².